The van der Waals surface area contributed by atoms with E-state index in [9.17, 15) is 13.2 Å². The normalized spacial score (nSPS) is 11.7. The SMILES string of the molecule is CCCCc1ccc2c(N)c(C(=O)c3ccc(S(=O)(=O)Nc4nnc(C)s4)cc3)sc2n1. The molecular weight excluding hydrogens is 466 g/mol. The molecule has 4 rings (SSSR count). The molecule has 3 heterocycles. The molecule has 0 unspecified atom stereocenters. The third kappa shape index (κ3) is 4.50. The second kappa shape index (κ2) is 8.93. The molecule has 8 nitrogen and oxygen atoms in total. The van der Waals surface area contributed by atoms with E-state index in [0.717, 1.165) is 46.5 Å². The Hall–Kier alpha value is -2.89. The maximum atomic E-state index is 13.1. The van der Waals surface area contributed by atoms with Gasteiger partial charge in [-0.3, -0.25) is 9.52 Å². The van der Waals surface area contributed by atoms with Crippen molar-refractivity contribution >= 4 is 59.5 Å². The number of carbonyl (C=O) groups excluding carboxylic acids is 1. The zero-order valence-corrected chi connectivity index (χ0v) is 19.9. The number of nitrogens with zero attached hydrogens (tertiary/aromatic N) is 3. The van der Waals surface area contributed by atoms with Crippen molar-refractivity contribution in [2.45, 2.75) is 38.0 Å². The summed E-state index contributed by atoms with van der Waals surface area (Å²) in [6.07, 6.45) is 3.01. The number of anilines is 2. The van der Waals surface area contributed by atoms with Gasteiger partial charge in [-0.1, -0.05) is 24.7 Å². The molecule has 0 aliphatic carbocycles. The van der Waals surface area contributed by atoms with E-state index >= 15 is 0 Å². The van der Waals surface area contributed by atoms with Crippen molar-refractivity contribution in [3.63, 3.8) is 0 Å². The van der Waals surface area contributed by atoms with Crippen LogP contribution in [0.15, 0.2) is 41.3 Å². The van der Waals surface area contributed by atoms with Gasteiger partial charge in [-0.15, -0.1) is 21.5 Å². The number of thiophene rings is 1. The van der Waals surface area contributed by atoms with Crippen molar-refractivity contribution < 1.29 is 13.2 Å². The van der Waals surface area contributed by atoms with Gasteiger partial charge < -0.3 is 5.73 Å². The molecule has 11 heteroatoms. The van der Waals surface area contributed by atoms with E-state index in [4.69, 9.17) is 5.73 Å². The van der Waals surface area contributed by atoms with Gasteiger partial charge in [0.15, 0.2) is 0 Å². The Bertz CT molecular complexity index is 1390. The second-order valence-corrected chi connectivity index (χ2v) is 11.1. The summed E-state index contributed by atoms with van der Waals surface area (Å²) in [7, 11) is -3.83. The van der Waals surface area contributed by atoms with Gasteiger partial charge in [0, 0.05) is 16.6 Å². The number of pyridine rings is 1. The lowest BCUT2D eigenvalue weighted by molar-refractivity contribution is 0.104. The van der Waals surface area contributed by atoms with E-state index in [1.54, 1.807) is 6.92 Å². The van der Waals surface area contributed by atoms with Gasteiger partial charge in [-0.2, -0.15) is 0 Å². The van der Waals surface area contributed by atoms with Crippen LogP contribution < -0.4 is 10.5 Å². The molecule has 3 aromatic heterocycles. The van der Waals surface area contributed by atoms with E-state index in [1.807, 2.05) is 12.1 Å². The molecule has 0 saturated heterocycles. The van der Waals surface area contributed by atoms with E-state index in [1.165, 1.54) is 35.6 Å². The predicted molar refractivity (Wildman–Crippen MR) is 128 cm³/mol. The summed E-state index contributed by atoms with van der Waals surface area (Å²) in [5.41, 5.74) is 7.97. The largest absolute Gasteiger partial charge is 0.397 e. The first-order chi connectivity index (χ1) is 15.3. The van der Waals surface area contributed by atoms with Crippen LogP contribution in [0.5, 0.6) is 0 Å². The number of unbranched alkanes of at least 4 members (excludes halogenated alkanes) is 1. The Balaban J connectivity index is 1.58. The zero-order valence-electron chi connectivity index (χ0n) is 17.5. The van der Waals surface area contributed by atoms with Crippen molar-refractivity contribution in [3.05, 3.63) is 57.5 Å². The number of benzene rings is 1. The molecule has 0 fully saturated rings. The van der Waals surface area contributed by atoms with Gasteiger partial charge in [-0.25, -0.2) is 13.4 Å². The van der Waals surface area contributed by atoms with Gasteiger partial charge in [-0.05, 0) is 56.2 Å². The lowest BCUT2D eigenvalue weighted by atomic mass is 10.1. The van der Waals surface area contributed by atoms with E-state index in [0.29, 0.717) is 21.1 Å². The average molecular weight is 488 g/mol. The fourth-order valence-corrected chi connectivity index (χ4v) is 6.03. The van der Waals surface area contributed by atoms with E-state index < -0.39 is 10.0 Å². The van der Waals surface area contributed by atoms with Crippen molar-refractivity contribution in [1.29, 1.82) is 0 Å². The van der Waals surface area contributed by atoms with E-state index in [-0.39, 0.29) is 15.8 Å². The Labute approximate surface area is 193 Å². The molecular formula is C21H21N5O3S3. The number of rotatable bonds is 8. The number of fused-ring (bicyclic) bond motifs is 1. The number of nitrogens with two attached hydrogens (primary N) is 1. The molecule has 0 saturated carbocycles. The lowest BCUT2D eigenvalue weighted by Gasteiger charge is -2.06. The first-order valence-corrected chi connectivity index (χ1v) is 13.1. The van der Waals surface area contributed by atoms with Gasteiger partial charge in [0.05, 0.1) is 10.6 Å². The predicted octanol–water partition coefficient (Wildman–Crippen LogP) is 4.41. The number of aromatic nitrogens is 3. The quantitative estimate of drug-likeness (QED) is 0.352. The molecule has 0 amide bonds. The van der Waals surface area contributed by atoms with Gasteiger partial charge in [0.2, 0.25) is 10.9 Å². The minimum atomic E-state index is -3.83. The second-order valence-electron chi connectivity index (χ2n) is 7.19. The Morgan fingerprint density at radius 2 is 1.84 bits per heavy atom. The molecule has 1 aromatic carbocycles. The maximum Gasteiger partial charge on any atom is 0.263 e. The molecule has 4 aromatic rings. The zero-order chi connectivity index (χ0) is 22.9. The summed E-state index contributed by atoms with van der Waals surface area (Å²) in [5.74, 6) is -0.266. The lowest BCUT2D eigenvalue weighted by Crippen LogP contribution is -2.13. The topological polar surface area (TPSA) is 128 Å². The molecule has 0 bridgehead atoms. The van der Waals surface area contributed by atoms with Gasteiger partial charge in [0.25, 0.3) is 10.0 Å². The van der Waals surface area contributed by atoms with Crippen molar-refractivity contribution in [1.82, 2.24) is 15.2 Å². The van der Waals surface area contributed by atoms with Crippen LogP contribution in [0.3, 0.4) is 0 Å². The summed E-state index contributed by atoms with van der Waals surface area (Å²) in [6, 6.07) is 9.58. The monoisotopic (exact) mass is 487 g/mol. The standard InChI is InChI=1S/C21H21N5O3S3/c1-3-4-5-14-8-11-16-17(22)19(31-20(16)23-14)18(27)13-6-9-15(10-7-13)32(28,29)26-21-25-24-12(2)30-21/h6-11H,3-5,22H2,1-2H3,(H,25,26). The molecule has 0 radical (unpaired) electrons. The third-order valence-electron chi connectivity index (χ3n) is 4.82. The summed E-state index contributed by atoms with van der Waals surface area (Å²) < 4.78 is 27.5. The summed E-state index contributed by atoms with van der Waals surface area (Å²) >= 11 is 2.40. The Kier molecular flexibility index (Phi) is 6.22. The van der Waals surface area contributed by atoms with Gasteiger partial charge in [0.1, 0.15) is 14.7 Å². The van der Waals surface area contributed by atoms with Crippen LogP contribution >= 0.6 is 22.7 Å². The van der Waals surface area contributed by atoms with Crippen LogP contribution in [0.4, 0.5) is 10.8 Å². The van der Waals surface area contributed by atoms with Crippen molar-refractivity contribution in [3.8, 4) is 0 Å². The summed E-state index contributed by atoms with van der Waals surface area (Å²) in [5, 5.41) is 9.16. The highest BCUT2D eigenvalue weighted by Crippen LogP contribution is 2.34. The number of sulfonamides is 1. The maximum absolute atomic E-state index is 13.1. The smallest absolute Gasteiger partial charge is 0.263 e. The van der Waals surface area contributed by atoms with Crippen LogP contribution in [0.1, 0.15) is 45.7 Å². The van der Waals surface area contributed by atoms with Crippen LogP contribution in [-0.4, -0.2) is 29.4 Å². The number of carbonyl (C=O) groups is 1. The van der Waals surface area contributed by atoms with Crippen molar-refractivity contribution in [2.75, 3.05) is 10.5 Å². The van der Waals surface area contributed by atoms with E-state index in [2.05, 4.69) is 26.8 Å². The molecule has 0 aliphatic heterocycles. The highest BCUT2D eigenvalue weighted by atomic mass is 32.2. The summed E-state index contributed by atoms with van der Waals surface area (Å²) in [4.78, 5) is 18.9. The van der Waals surface area contributed by atoms with Crippen LogP contribution in [0.2, 0.25) is 0 Å². The fourth-order valence-electron chi connectivity index (χ4n) is 3.13. The highest BCUT2D eigenvalue weighted by molar-refractivity contribution is 7.93. The third-order valence-corrected chi connectivity index (χ3v) is 8.17. The Morgan fingerprint density at radius 1 is 1.09 bits per heavy atom. The first-order valence-electron chi connectivity index (χ1n) is 9.94. The molecule has 0 aliphatic rings. The molecule has 0 spiro atoms. The van der Waals surface area contributed by atoms with Crippen LogP contribution in [0, 0.1) is 6.92 Å². The molecule has 0 atom stereocenters. The number of nitrogen functional groups attached to an aromatic ring is 1. The molecule has 32 heavy (non-hydrogen) atoms. The van der Waals surface area contributed by atoms with Crippen LogP contribution in [0.25, 0.3) is 10.2 Å². The van der Waals surface area contributed by atoms with Gasteiger partial charge >= 0.3 is 0 Å². The highest BCUT2D eigenvalue weighted by Gasteiger charge is 2.21. The molecule has 3 N–H and O–H groups in total. The first kappa shape index (κ1) is 22.3. The number of ketones is 1. The Morgan fingerprint density at radius 3 is 2.50 bits per heavy atom. The van der Waals surface area contributed by atoms with Crippen LogP contribution in [-0.2, 0) is 16.4 Å². The fraction of sp³-hybridized carbons (Fsp3) is 0.238. The molecule has 166 valence electrons. The number of nitrogens with one attached hydrogen (secondary N) is 1. The van der Waals surface area contributed by atoms with Crippen molar-refractivity contribution in [2.24, 2.45) is 0 Å². The summed E-state index contributed by atoms with van der Waals surface area (Å²) in [6.45, 7) is 3.86. The number of aryl methyl sites for hydroxylation is 2. The average Bonchev–Trinajstić information content (AvgIpc) is 3.33. The minimum Gasteiger partial charge on any atom is -0.397 e. The number of hydrogen-bond acceptors (Lipinski definition) is 9. The number of hydrogen-bond donors (Lipinski definition) is 2. The minimum absolute atomic E-state index is 0.0217.